The molecule has 1 heterocycles. The first-order chi connectivity index (χ1) is 8.63. The molecule has 0 aromatic heterocycles. The van der Waals surface area contributed by atoms with Crippen molar-refractivity contribution in [2.45, 2.75) is 6.04 Å². The summed E-state index contributed by atoms with van der Waals surface area (Å²) in [6.45, 7) is 1.80. The number of nitrogen functional groups attached to an aromatic ring is 1. The Balaban J connectivity index is 2.41. The number of benzene rings is 1. The maximum absolute atomic E-state index is 9.40. The molecule has 1 unspecified atom stereocenters. The van der Waals surface area contributed by atoms with Crippen LogP contribution in [0.5, 0.6) is 0 Å². The van der Waals surface area contributed by atoms with Crippen molar-refractivity contribution in [1.29, 1.82) is 5.41 Å². The molecule has 0 spiro atoms. The molecule has 0 bridgehead atoms. The molecule has 1 atom stereocenters. The Morgan fingerprint density at radius 2 is 2.39 bits per heavy atom. The van der Waals surface area contributed by atoms with Gasteiger partial charge in [0.25, 0.3) is 0 Å². The molecule has 0 radical (unpaired) electrons. The molecule has 0 saturated carbocycles. The van der Waals surface area contributed by atoms with E-state index in [9.17, 15) is 5.11 Å². The fraction of sp³-hybridized carbons (Fsp3) is 0.417. The van der Waals surface area contributed by atoms with Crippen molar-refractivity contribution in [1.82, 2.24) is 0 Å². The Labute approximate surface area is 114 Å². The van der Waals surface area contributed by atoms with E-state index in [-0.39, 0.29) is 18.5 Å². The average Bonchev–Trinajstić information content (AvgIpc) is 2.38. The van der Waals surface area contributed by atoms with E-state index in [1.807, 2.05) is 23.1 Å². The monoisotopic (exact) mass is 313 g/mol. The number of nitrogens with zero attached hydrogens (tertiary/aromatic N) is 1. The van der Waals surface area contributed by atoms with E-state index in [2.05, 4.69) is 15.9 Å². The Bertz CT molecular complexity index is 453. The summed E-state index contributed by atoms with van der Waals surface area (Å²) in [5.41, 5.74) is 7.15. The van der Waals surface area contributed by atoms with Crippen LogP contribution in [0.25, 0.3) is 0 Å². The third-order valence-electron chi connectivity index (χ3n) is 3.00. The van der Waals surface area contributed by atoms with Crippen LogP contribution in [0.15, 0.2) is 22.7 Å². The molecule has 4 N–H and O–H groups in total. The third kappa shape index (κ3) is 2.66. The summed E-state index contributed by atoms with van der Waals surface area (Å²) in [6.07, 6.45) is 0. The van der Waals surface area contributed by atoms with Crippen LogP contribution in [0.1, 0.15) is 5.56 Å². The number of ether oxygens (including phenoxy) is 1. The van der Waals surface area contributed by atoms with Crippen molar-refractivity contribution in [3.8, 4) is 0 Å². The van der Waals surface area contributed by atoms with Crippen LogP contribution in [-0.2, 0) is 4.74 Å². The first-order valence-corrected chi connectivity index (χ1v) is 6.52. The Morgan fingerprint density at radius 3 is 3.06 bits per heavy atom. The number of hydrogen-bond donors (Lipinski definition) is 3. The fourth-order valence-electron chi connectivity index (χ4n) is 2.09. The predicted molar refractivity (Wildman–Crippen MR) is 74.2 cm³/mol. The Hall–Kier alpha value is -1.11. The van der Waals surface area contributed by atoms with Gasteiger partial charge in [-0.15, -0.1) is 0 Å². The maximum Gasteiger partial charge on any atom is 0.124 e. The molecule has 1 saturated heterocycles. The van der Waals surface area contributed by atoms with Gasteiger partial charge >= 0.3 is 0 Å². The number of halogens is 1. The van der Waals surface area contributed by atoms with E-state index in [0.717, 1.165) is 10.2 Å². The van der Waals surface area contributed by atoms with Crippen molar-refractivity contribution in [2.75, 3.05) is 31.3 Å². The molecular weight excluding hydrogens is 298 g/mol. The van der Waals surface area contributed by atoms with Crippen LogP contribution >= 0.6 is 15.9 Å². The molecule has 5 nitrogen and oxygen atoms in total. The van der Waals surface area contributed by atoms with E-state index < -0.39 is 0 Å². The Morgan fingerprint density at radius 1 is 1.61 bits per heavy atom. The summed E-state index contributed by atoms with van der Waals surface area (Å²) in [5.74, 6) is 0.0284. The molecule has 0 aliphatic carbocycles. The molecule has 18 heavy (non-hydrogen) atoms. The molecule has 0 amide bonds. The minimum absolute atomic E-state index is 0.0177. The average molecular weight is 314 g/mol. The molecule has 6 heteroatoms. The summed E-state index contributed by atoms with van der Waals surface area (Å²) in [7, 11) is 0. The molecule has 1 aliphatic heterocycles. The summed E-state index contributed by atoms with van der Waals surface area (Å²) in [4.78, 5) is 2.05. The number of nitrogens with one attached hydrogen (secondary N) is 1. The molecule has 2 rings (SSSR count). The lowest BCUT2D eigenvalue weighted by Crippen LogP contribution is -2.48. The summed E-state index contributed by atoms with van der Waals surface area (Å²) < 4.78 is 6.28. The maximum atomic E-state index is 9.40. The van der Waals surface area contributed by atoms with Crippen molar-refractivity contribution in [2.24, 2.45) is 5.73 Å². The van der Waals surface area contributed by atoms with Gasteiger partial charge in [-0.3, -0.25) is 5.41 Å². The normalized spacial score (nSPS) is 19.9. The lowest BCUT2D eigenvalue weighted by atomic mass is 10.1. The van der Waals surface area contributed by atoms with Gasteiger partial charge in [-0.25, -0.2) is 0 Å². The molecule has 1 fully saturated rings. The zero-order valence-electron chi connectivity index (χ0n) is 9.90. The number of aliphatic hydroxyl groups excluding tert-OH is 1. The van der Waals surface area contributed by atoms with Crippen LogP contribution in [0, 0.1) is 5.41 Å². The van der Waals surface area contributed by atoms with E-state index in [0.29, 0.717) is 25.3 Å². The lowest BCUT2D eigenvalue weighted by Gasteiger charge is -2.37. The van der Waals surface area contributed by atoms with Gasteiger partial charge in [-0.2, -0.15) is 0 Å². The first-order valence-electron chi connectivity index (χ1n) is 5.72. The summed E-state index contributed by atoms with van der Waals surface area (Å²) in [5, 5.41) is 17.0. The van der Waals surface area contributed by atoms with Gasteiger partial charge in [-0.05, 0) is 18.2 Å². The SMILES string of the molecule is N=C(N)c1ccc(Br)cc1N1CCOCC1CO. The predicted octanol–water partition coefficient (Wildman–Crippen LogP) is 0.931. The lowest BCUT2D eigenvalue weighted by molar-refractivity contribution is 0.0727. The largest absolute Gasteiger partial charge is 0.394 e. The molecular formula is C12H16BrN3O2. The smallest absolute Gasteiger partial charge is 0.124 e. The van der Waals surface area contributed by atoms with E-state index in [1.165, 1.54) is 0 Å². The van der Waals surface area contributed by atoms with Gasteiger partial charge in [-0.1, -0.05) is 15.9 Å². The van der Waals surface area contributed by atoms with Gasteiger partial charge in [0, 0.05) is 22.3 Å². The quantitative estimate of drug-likeness (QED) is 0.572. The van der Waals surface area contributed by atoms with Gasteiger partial charge in [0.2, 0.25) is 0 Å². The number of amidine groups is 1. The highest BCUT2D eigenvalue weighted by Gasteiger charge is 2.25. The number of rotatable bonds is 3. The highest BCUT2D eigenvalue weighted by Crippen LogP contribution is 2.27. The highest BCUT2D eigenvalue weighted by molar-refractivity contribution is 9.10. The van der Waals surface area contributed by atoms with Crippen molar-refractivity contribution >= 4 is 27.5 Å². The van der Waals surface area contributed by atoms with Gasteiger partial charge < -0.3 is 20.5 Å². The van der Waals surface area contributed by atoms with Crippen LogP contribution in [0.2, 0.25) is 0 Å². The molecule has 1 aromatic carbocycles. The van der Waals surface area contributed by atoms with Crippen molar-refractivity contribution in [3.05, 3.63) is 28.2 Å². The van der Waals surface area contributed by atoms with Crippen molar-refractivity contribution < 1.29 is 9.84 Å². The van der Waals surface area contributed by atoms with Crippen LogP contribution < -0.4 is 10.6 Å². The van der Waals surface area contributed by atoms with Crippen LogP contribution in [0.4, 0.5) is 5.69 Å². The number of anilines is 1. The van der Waals surface area contributed by atoms with Crippen LogP contribution in [-0.4, -0.2) is 43.3 Å². The zero-order valence-corrected chi connectivity index (χ0v) is 11.5. The molecule has 1 aromatic rings. The van der Waals surface area contributed by atoms with Crippen molar-refractivity contribution in [3.63, 3.8) is 0 Å². The second-order valence-corrected chi connectivity index (χ2v) is 5.10. The second-order valence-electron chi connectivity index (χ2n) is 4.18. The minimum Gasteiger partial charge on any atom is -0.394 e. The minimum atomic E-state index is -0.0915. The molecule has 98 valence electrons. The highest BCUT2D eigenvalue weighted by atomic mass is 79.9. The van der Waals surface area contributed by atoms with E-state index in [1.54, 1.807) is 0 Å². The number of hydrogen-bond acceptors (Lipinski definition) is 4. The van der Waals surface area contributed by atoms with E-state index in [4.69, 9.17) is 15.9 Å². The summed E-state index contributed by atoms with van der Waals surface area (Å²) >= 11 is 3.42. The number of aliphatic hydroxyl groups is 1. The van der Waals surface area contributed by atoms with Gasteiger partial charge in [0.05, 0.1) is 25.9 Å². The standard InChI is InChI=1S/C12H16BrN3O2/c13-8-1-2-10(12(14)15)11(5-8)16-3-4-18-7-9(16)6-17/h1-2,5,9,17H,3-4,6-7H2,(H3,14,15). The first kappa shape index (κ1) is 13.3. The van der Waals surface area contributed by atoms with Gasteiger partial charge in [0.15, 0.2) is 0 Å². The van der Waals surface area contributed by atoms with E-state index >= 15 is 0 Å². The molecule has 1 aliphatic rings. The van der Waals surface area contributed by atoms with Crippen LogP contribution in [0.3, 0.4) is 0 Å². The second kappa shape index (κ2) is 5.69. The summed E-state index contributed by atoms with van der Waals surface area (Å²) in [6, 6.07) is 5.50. The zero-order chi connectivity index (χ0) is 13.1. The van der Waals surface area contributed by atoms with Gasteiger partial charge in [0.1, 0.15) is 5.84 Å². The number of morpholine rings is 1. The topological polar surface area (TPSA) is 82.6 Å². The Kier molecular flexibility index (Phi) is 4.21. The fourth-order valence-corrected chi connectivity index (χ4v) is 2.44. The third-order valence-corrected chi connectivity index (χ3v) is 3.49. The number of nitrogens with two attached hydrogens (primary N) is 1.